The van der Waals surface area contributed by atoms with Crippen LogP contribution >= 0.6 is 0 Å². The van der Waals surface area contributed by atoms with E-state index in [1.807, 2.05) is 12.1 Å². The molecule has 0 aliphatic heterocycles. The zero-order chi connectivity index (χ0) is 28.5. The first kappa shape index (κ1) is 25.6. The van der Waals surface area contributed by atoms with Crippen LogP contribution in [0.5, 0.6) is 0 Å². The molecule has 0 unspecified atom stereocenters. The molecule has 5 aromatic carbocycles. The van der Waals surface area contributed by atoms with Crippen LogP contribution in [0.4, 0.5) is 11.4 Å². The number of benzene rings is 5. The van der Waals surface area contributed by atoms with E-state index in [1.165, 1.54) is 11.1 Å². The third-order valence-corrected chi connectivity index (χ3v) is 7.85. The molecule has 2 aromatic heterocycles. The number of imidazole rings is 2. The third kappa shape index (κ3) is 4.88. The van der Waals surface area contributed by atoms with Gasteiger partial charge in [0.25, 0.3) is 0 Å². The van der Waals surface area contributed by atoms with E-state index in [0.717, 1.165) is 69.3 Å². The molecule has 0 atom stereocenters. The lowest BCUT2D eigenvalue weighted by Gasteiger charge is -2.11. The summed E-state index contributed by atoms with van der Waals surface area (Å²) in [6.45, 7) is 1.55. The first-order chi connectivity index (χ1) is 20.6. The van der Waals surface area contributed by atoms with Gasteiger partial charge in [-0.25, -0.2) is 9.97 Å². The van der Waals surface area contributed by atoms with Crippen molar-refractivity contribution in [2.45, 2.75) is 13.1 Å². The number of nitrogens with one attached hydrogen (secondary N) is 2. The smallest absolute Gasteiger partial charge is 0.141 e. The Morgan fingerprint density at radius 3 is 1.33 bits per heavy atom. The molecule has 0 spiro atoms. The van der Waals surface area contributed by atoms with E-state index in [9.17, 15) is 0 Å². The second-order valence-electron chi connectivity index (χ2n) is 10.6. The Morgan fingerprint density at radius 1 is 0.500 bits per heavy atom. The molecule has 0 aliphatic carbocycles. The lowest BCUT2D eigenvalue weighted by atomic mass is 10.1. The lowest BCUT2D eigenvalue weighted by molar-refractivity contribution is 0.947. The number of hydrogen-bond acceptors (Lipinski definition) is 4. The van der Waals surface area contributed by atoms with Gasteiger partial charge in [-0.1, -0.05) is 84.9 Å². The fourth-order valence-electron chi connectivity index (χ4n) is 5.55. The van der Waals surface area contributed by atoms with Crippen molar-refractivity contribution in [2.75, 3.05) is 10.6 Å². The van der Waals surface area contributed by atoms with Crippen molar-refractivity contribution in [1.29, 1.82) is 0 Å². The first-order valence-electron chi connectivity index (χ1n) is 14.2. The minimum atomic E-state index is 0.774. The van der Waals surface area contributed by atoms with Crippen molar-refractivity contribution in [1.82, 2.24) is 19.1 Å². The Labute approximate surface area is 245 Å². The normalized spacial score (nSPS) is 11.3. The largest absolute Gasteiger partial charge is 0.381 e. The highest BCUT2D eigenvalue weighted by atomic mass is 15.1. The van der Waals surface area contributed by atoms with Gasteiger partial charge in [0.15, 0.2) is 0 Å². The average Bonchev–Trinajstić information content (AvgIpc) is 3.55. The summed E-state index contributed by atoms with van der Waals surface area (Å²) >= 11 is 0. The number of rotatable bonds is 8. The SMILES string of the molecule is Cn1c(-c2ccccc2-c2nc3ccc(NCc4ccccc4)cc3n2C)nc2ccc(NCc3ccccc3)cc21. The molecule has 206 valence electrons. The molecule has 0 saturated carbocycles. The van der Waals surface area contributed by atoms with Gasteiger partial charge in [0.2, 0.25) is 0 Å². The van der Waals surface area contributed by atoms with Gasteiger partial charge < -0.3 is 19.8 Å². The second kappa shape index (κ2) is 10.9. The minimum absolute atomic E-state index is 0.774. The Balaban J connectivity index is 1.21. The zero-order valence-corrected chi connectivity index (χ0v) is 23.8. The van der Waals surface area contributed by atoms with E-state index < -0.39 is 0 Å². The standard InChI is InChI=1S/C36H32N6/c1-41-33-21-27(37-23-25-11-5-3-6-12-25)17-19-31(33)39-35(41)29-15-9-10-16-30(29)36-40-32-20-18-28(22-34(32)42(36)2)38-24-26-13-7-4-8-14-26/h3-22,37-38H,23-24H2,1-2H3. The summed E-state index contributed by atoms with van der Waals surface area (Å²) in [7, 11) is 4.17. The first-order valence-corrected chi connectivity index (χ1v) is 14.2. The number of aryl methyl sites for hydroxylation is 2. The minimum Gasteiger partial charge on any atom is -0.381 e. The molecule has 6 heteroatoms. The topological polar surface area (TPSA) is 59.7 Å². The van der Waals surface area contributed by atoms with Gasteiger partial charge >= 0.3 is 0 Å². The quantitative estimate of drug-likeness (QED) is 0.202. The maximum atomic E-state index is 5.07. The number of hydrogen-bond donors (Lipinski definition) is 2. The monoisotopic (exact) mass is 548 g/mol. The van der Waals surface area contributed by atoms with Crippen LogP contribution in [0.1, 0.15) is 11.1 Å². The van der Waals surface area contributed by atoms with Gasteiger partial charge in [0, 0.05) is 49.7 Å². The molecule has 42 heavy (non-hydrogen) atoms. The summed E-state index contributed by atoms with van der Waals surface area (Å²) in [6, 6.07) is 42.0. The van der Waals surface area contributed by atoms with E-state index in [4.69, 9.17) is 9.97 Å². The van der Waals surface area contributed by atoms with Gasteiger partial charge in [-0.3, -0.25) is 0 Å². The molecule has 0 bridgehead atoms. The van der Waals surface area contributed by atoms with Crippen LogP contribution in [0.2, 0.25) is 0 Å². The summed E-state index contributed by atoms with van der Waals surface area (Å²) < 4.78 is 4.35. The highest BCUT2D eigenvalue weighted by Gasteiger charge is 2.19. The van der Waals surface area contributed by atoms with Gasteiger partial charge in [-0.15, -0.1) is 0 Å². The predicted octanol–water partition coefficient (Wildman–Crippen LogP) is 8.02. The van der Waals surface area contributed by atoms with Crippen molar-refractivity contribution in [2.24, 2.45) is 14.1 Å². The summed E-state index contributed by atoms with van der Waals surface area (Å²) in [5, 5.41) is 7.10. The molecular weight excluding hydrogens is 516 g/mol. The van der Waals surface area contributed by atoms with Crippen LogP contribution in [0.25, 0.3) is 44.8 Å². The molecule has 7 aromatic rings. The molecule has 6 nitrogen and oxygen atoms in total. The molecule has 0 saturated heterocycles. The van der Waals surface area contributed by atoms with Crippen molar-refractivity contribution >= 4 is 33.4 Å². The molecule has 0 aliphatic rings. The van der Waals surface area contributed by atoms with Crippen molar-refractivity contribution in [3.8, 4) is 22.8 Å². The van der Waals surface area contributed by atoms with Crippen molar-refractivity contribution < 1.29 is 0 Å². The van der Waals surface area contributed by atoms with Crippen LogP contribution in [0.3, 0.4) is 0 Å². The van der Waals surface area contributed by atoms with Crippen molar-refractivity contribution in [3.05, 3.63) is 132 Å². The van der Waals surface area contributed by atoms with E-state index >= 15 is 0 Å². The maximum Gasteiger partial charge on any atom is 0.141 e. The Morgan fingerprint density at radius 2 is 0.905 bits per heavy atom. The number of anilines is 2. The fraction of sp³-hybridized carbons (Fsp3) is 0.111. The second-order valence-corrected chi connectivity index (χ2v) is 10.6. The van der Waals surface area contributed by atoms with Gasteiger partial charge in [-0.2, -0.15) is 0 Å². The predicted molar refractivity (Wildman–Crippen MR) is 173 cm³/mol. The van der Waals surface area contributed by atoms with E-state index in [-0.39, 0.29) is 0 Å². The molecule has 0 fully saturated rings. The molecule has 7 rings (SSSR count). The zero-order valence-electron chi connectivity index (χ0n) is 23.8. The van der Waals surface area contributed by atoms with Crippen LogP contribution in [0, 0.1) is 0 Å². The third-order valence-electron chi connectivity index (χ3n) is 7.85. The average molecular weight is 549 g/mol. The van der Waals surface area contributed by atoms with E-state index in [0.29, 0.717) is 0 Å². The molecule has 2 N–H and O–H groups in total. The molecule has 0 amide bonds. The number of nitrogens with zero attached hydrogens (tertiary/aromatic N) is 4. The van der Waals surface area contributed by atoms with Gasteiger partial charge in [0.05, 0.1) is 22.1 Å². The maximum absolute atomic E-state index is 5.07. The molecular formula is C36H32N6. The van der Waals surface area contributed by atoms with E-state index in [1.54, 1.807) is 0 Å². The number of aromatic nitrogens is 4. The summed E-state index contributed by atoms with van der Waals surface area (Å²) in [5.74, 6) is 1.83. The highest BCUT2D eigenvalue weighted by molar-refractivity contribution is 5.90. The Bertz CT molecular complexity index is 1860. The van der Waals surface area contributed by atoms with Crippen LogP contribution < -0.4 is 10.6 Å². The van der Waals surface area contributed by atoms with Gasteiger partial charge in [0.1, 0.15) is 11.6 Å². The Hall–Kier alpha value is -5.36. The molecule has 0 radical (unpaired) electrons. The van der Waals surface area contributed by atoms with Crippen LogP contribution in [0.15, 0.2) is 121 Å². The van der Waals surface area contributed by atoms with Gasteiger partial charge in [-0.05, 0) is 47.5 Å². The van der Waals surface area contributed by atoms with E-state index in [2.05, 4.69) is 143 Å². The lowest BCUT2D eigenvalue weighted by Crippen LogP contribution is -2.00. The fourth-order valence-corrected chi connectivity index (χ4v) is 5.55. The Kier molecular flexibility index (Phi) is 6.64. The number of fused-ring (bicyclic) bond motifs is 2. The summed E-state index contributed by atoms with van der Waals surface area (Å²) in [5.41, 5.74) is 10.8. The van der Waals surface area contributed by atoms with Crippen LogP contribution in [-0.4, -0.2) is 19.1 Å². The molecule has 2 heterocycles. The summed E-state index contributed by atoms with van der Waals surface area (Å²) in [4.78, 5) is 10.1. The van der Waals surface area contributed by atoms with Crippen molar-refractivity contribution in [3.63, 3.8) is 0 Å². The highest BCUT2D eigenvalue weighted by Crippen LogP contribution is 2.35. The van der Waals surface area contributed by atoms with Crippen LogP contribution in [-0.2, 0) is 27.2 Å². The summed E-state index contributed by atoms with van der Waals surface area (Å²) in [6.07, 6.45) is 0.